The molecule has 0 bridgehead atoms. The van der Waals surface area contributed by atoms with Gasteiger partial charge in [-0.3, -0.25) is 19.8 Å². The van der Waals surface area contributed by atoms with Crippen molar-refractivity contribution in [2.24, 2.45) is 0 Å². The summed E-state index contributed by atoms with van der Waals surface area (Å²) in [6.45, 7) is 6.86. The number of aryl methyl sites for hydroxylation is 1. The Hall–Kier alpha value is -3.37. The Morgan fingerprint density at radius 2 is 1.80 bits per heavy atom. The molecule has 1 heterocycles. The number of thioether (sulfide) groups is 1. The van der Waals surface area contributed by atoms with Crippen molar-refractivity contribution in [2.75, 3.05) is 26.8 Å². The number of amides is 3. The smallest absolute Gasteiger partial charge is 0.285 e. The lowest BCUT2D eigenvalue weighted by Crippen LogP contribution is -2.44. The number of hydrogen-bond acceptors (Lipinski definition) is 7. The minimum atomic E-state index is -0.426. The number of rotatable bonds is 9. The second-order valence-electron chi connectivity index (χ2n) is 7.59. The lowest BCUT2D eigenvalue weighted by atomic mass is 10.1. The molecule has 184 valence electrons. The summed E-state index contributed by atoms with van der Waals surface area (Å²) in [4.78, 5) is 39.7. The van der Waals surface area contributed by atoms with Gasteiger partial charge in [-0.2, -0.15) is 5.01 Å². The van der Waals surface area contributed by atoms with Gasteiger partial charge >= 0.3 is 0 Å². The third-order valence-electron chi connectivity index (χ3n) is 5.27. The van der Waals surface area contributed by atoms with Crippen LogP contribution < -0.4 is 14.9 Å². The molecule has 8 nitrogen and oxygen atoms in total. The Labute approximate surface area is 214 Å². The number of carbonyl (C=O) groups is 3. The zero-order valence-electron chi connectivity index (χ0n) is 20.0. The number of hydrogen-bond donors (Lipinski definition) is 1. The van der Waals surface area contributed by atoms with E-state index in [9.17, 15) is 14.4 Å². The molecular weight excluding hydrogens is 486 g/mol. The SMILES string of the molecule is CCN(CC)C(=O)COc1ccc(/C=C2/SC(=S)N(NC(=O)c3ccc(C)cc3)C2=O)cc1OC. The van der Waals surface area contributed by atoms with Crippen LogP contribution in [0.25, 0.3) is 6.08 Å². The third kappa shape index (κ3) is 6.40. The standard InChI is InChI=1S/C25H27N3O5S2/c1-5-27(6-2)22(29)15-33-19-12-9-17(13-20(19)32-4)14-21-24(31)28(25(34)35-21)26-23(30)18-10-7-16(3)8-11-18/h7-14H,5-6,15H2,1-4H3,(H,26,30)/b21-14+. The Kier molecular flexibility index (Phi) is 8.89. The van der Waals surface area contributed by atoms with E-state index in [1.165, 1.54) is 7.11 Å². The quantitative estimate of drug-likeness (QED) is 0.403. The second-order valence-corrected chi connectivity index (χ2v) is 9.26. The molecule has 0 saturated carbocycles. The highest BCUT2D eigenvalue weighted by molar-refractivity contribution is 8.26. The Balaban J connectivity index is 1.71. The second kappa shape index (κ2) is 11.9. The third-order valence-corrected chi connectivity index (χ3v) is 6.58. The van der Waals surface area contributed by atoms with Gasteiger partial charge in [-0.05, 0) is 68.9 Å². The number of carbonyl (C=O) groups excluding carboxylic acids is 3. The zero-order chi connectivity index (χ0) is 25.5. The van der Waals surface area contributed by atoms with E-state index >= 15 is 0 Å². The lowest BCUT2D eigenvalue weighted by molar-refractivity contribution is -0.133. The van der Waals surface area contributed by atoms with Crippen LogP contribution in [-0.2, 0) is 9.59 Å². The average molecular weight is 514 g/mol. The van der Waals surface area contributed by atoms with E-state index in [1.807, 2.05) is 32.9 Å². The Morgan fingerprint density at radius 3 is 2.43 bits per heavy atom. The maximum Gasteiger partial charge on any atom is 0.285 e. The first kappa shape index (κ1) is 26.2. The minimum absolute atomic E-state index is 0.100. The first-order valence-electron chi connectivity index (χ1n) is 11.0. The molecule has 1 N–H and O–H groups in total. The van der Waals surface area contributed by atoms with Crippen LogP contribution in [0.15, 0.2) is 47.4 Å². The molecule has 0 unspecified atom stereocenters. The Morgan fingerprint density at radius 1 is 1.11 bits per heavy atom. The summed E-state index contributed by atoms with van der Waals surface area (Å²) < 4.78 is 11.3. The monoisotopic (exact) mass is 513 g/mol. The molecule has 1 aliphatic heterocycles. The molecule has 3 rings (SSSR count). The van der Waals surface area contributed by atoms with Crippen LogP contribution in [0.1, 0.15) is 35.3 Å². The normalized spacial score (nSPS) is 14.3. The molecule has 2 aromatic carbocycles. The number of likely N-dealkylation sites (N-methyl/N-ethyl adjacent to an activating group) is 1. The van der Waals surface area contributed by atoms with E-state index in [0.29, 0.717) is 40.6 Å². The molecule has 1 saturated heterocycles. The van der Waals surface area contributed by atoms with Crippen molar-refractivity contribution >= 4 is 52.1 Å². The van der Waals surface area contributed by atoms with E-state index in [1.54, 1.807) is 41.3 Å². The molecule has 2 aromatic rings. The van der Waals surface area contributed by atoms with Crippen LogP contribution in [-0.4, -0.2) is 58.8 Å². The van der Waals surface area contributed by atoms with Crippen molar-refractivity contribution in [2.45, 2.75) is 20.8 Å². The maximum atomic E-state index is 12.9. The number of ether oxygens (including phenoxy) is 2. The summed E-state index contributed by atoms with van der Waals surface area (Å²) in [5.74, 6) is -0.121. The molecule has 0 radical (unpaired) electrons. The first-order chi connectivity index (χ1) is 16.8. The molecule has 0 aliphatic carbocycles. The molecular formula is C25H27N3O5S2. The van der Waals surface area contributed by atoms with Crippen LogP contribution >= 0.6 is 24.0 Å². The van der Waals surface area contributed by atoms with E-state index in [4.69, 9.17) is 21.7 Å². The fraction of sp³-hybridized carbons (Fsp3) is 0.280. The maximum absolute atomic E-state index is 12.9. The highest BCUT2D eigenvalue weighted by Crippen LogP contribution is 2.34. The predicted octanol–water partition coefficient (Wildman–Crippen LogP) is 3.80. The van der Waals surface area contributed by atoms with Crippen LogP contribution in [0, 0.1) is 6.92 Å². The number of thiocarbonyl (C=S) groups is 1. The van der Waals surface area contributed by atoms with E-state index < -0.39 is 11.8 Å². The predicted molar refractivity (Wildman–Crippen MR) is 140 cm³/mol. The largest absolute Gasteiger partial charge is 0.493 e. The topological polar surface area (TPSA) is 88.2 Å². The highest BCUT2D eigenvalue weighted by Gasteiger charge is 2.33. The fourth-order valence-corrected chi connectivity index (χ4v) is 4.47. The Bertz CT molecular complexity index is 1160. The summed E-state index contributed by atoms with van der Waals surface area (Å²) in [6.07, 6.45) is 1.66. The van der Waals surface area contributed by atoms with Crippen molar-refractivity contribution in [3.8, 4) is 11.5 Å². The average Bonchev–Trinajstić information content (AvgIpc) is 3.11. The first-order valence-corrected chi connectivity index (χ1v) is 12.2. The zero-order valence-corrected chi connectivity index (χ0v) is 21.6. The molecule has 10 heteroatoms. The van der Waals surface area contributed by atoms with Crippen LogP contribution in [0.3, 0.4) is 0 Å². The number of benzene rings is 2. The van der Waals surface area contributed by atoms with Gasteiger partial charge in [0.15, 0.2) is 22.4 Å². The van der Waals surface area contributed by atoms with E-state index in [-0.39, 0.29) is 16.8 Å². The van der Waals surface area contributed by atoms with E-state index in [2.05, 4.69) is 5.43 Å². The van der Waals surface area contributed by atoms with Gasteiger partial charge in [0.2, 0.25) is 0 Å². The van der Waals surface area contributed by atoms with Crippen LogP contribution in [0.4, 0.5) is 0 Å². The van der Waals surface area contributed by atoms with Gasteiger partial charge in [-0.1, -0.05) is 35.5 Å². The van der Waals surface area contributed by atoms with Crippen molar-refractivity contribution in [1.29, 1.82) is 0 Å². The van der Waals surface area contributed by atoms with Gasteiger partial charge in [0.1, 0.15) is 0 Å². The highest BCUT2D eigenvalue weighted by atomic mass is 32.2. The summed E-state index contributed by atoms with van der Waals surface area (Å²) in [7, 11) is 1.50. The molecule has 1 fully saturated rings. The van der Waals surface area contributed by atoms with Gasteiger partial charge in [0.05, 0.1) is 12.0 Å². The molecule has 0 atom stereocenters. The van der Waals surface area contributed by atoms with Gasteiger partial charge < -0.3 is 14.4 Å². The van der Waals surface area contributed by atoms with Crippen LogP contribution in [0.2, 0.25) is 0 Å². The molecule has 0 spiro atoms. The fourth-order valence-electron chi connectivity index (χ4n) is 3.29. The molecule has 35 heavy (non-hydrogen) atoms. The summed E-state index contributed by atoms with van der Waals surface area (Å²) in [5.41, 5.74) is 4.69. The summed E-state index contributed by atoms with van der Waals surface area (Å²) >= 11 is 6.39. The molecule has 3 amide bonds. The molecule has 0 aromatic heterocycles. The van der Waals surface area contributed by atoms with Crippen molar-refractivity contribution in [1.82, 2.24) is 15.3 Å². The van der Waals surface area contributed by atoms with Crippen LogP contribution in [0.5, 0.6) is 11.5 Å². The number of nitrogens with one attached hydrogen (secondary N) is 1. The van der Waals surface area contributed by atoms with Gasteiger partial charge in [0.25, 0.3) is 17.7 Å². The van der Waals surface area contributed by atoms with Gasteiger partial charge in [-0.15, -0.1) is 0 Å². The number of hydrazine groups is 1. The van der Waals surface area contributed by atoms with Crippen molar-refractivity contribution in [3.05, 3.63) is 64.1 Å². The minimum Gasteiger partial charge on any atom is -0.493 e. The lowest BCUT2D eigenvalue weighted by Gasteiger charge is -2.19. The summed E-state index contributed by atoms with van der Waals surface area (Å²) in [5, 5.41) is 1.07. The van der Waals surface area contributed by atoms with Crippen molar-refractivity contribution in [3.63, 3.8) is 0 Å². The van der Waals surface area contributed by atoms with Crippen molar-refractivity contribution < 1.29 is 23.9 Å². The summed E-state index contributed by atoms with van der Waals surface area (Å²) in [6, 6.07) is 12.1. The number of nitrogens with zero attached hydrogens (tertiary/aromatic N) is 2. The number of methoxy groups -OCH3 is 1. The van der Waals surface area contributed by atoms with Gasteiger partial charge in [0, 0.05) is 18.7 Å². The molecule has 1 aliphatic rings. The van der Waals surface area contributed by atoms with Gasteiger partial charge in [-0.25, -0.2) is 0 Å². The van der Waals surface area contributed by atoms with E-state index in [0.717, 1.165) is 22.3 Å².